The Bertz CT molecular complexity index is 1290. The van der Waals surface area contributed by atoms with Gasteiger partial charge in [0.1, 0.15) is 11.5 Å². The first kappa shape index (κ1) is 25.1. The van der Waals surface area contributed by atoms with Gasteiger partial charge in [-0.05, 0) is 71.0 Å². The third-order valence-electron chi connectivity index (χ3n) is 7.63. The fourth-order valence-electron chi connectivity index (χ4n) is 5.59. The summed E-state index contributed by atoms with van der Waals surface area (Å²) in [5.41, 5.74) is 4.42. The van der Waals surface area contributed by atoms with Crippen LogP contribution in [0, 0.1) is 6.92 Å². The van der Waals surface area contributed by atoms with Crippen LogP contribution in [0.15, 0.2) is 48.5 Å². The smallest absolute Gasteiger partial charge is 0.306 e. The van der Waals surface area contributed by atoms with Crippen molar-refractivity contribution in [1.29, 1.82) is 0 Å². The number of amides is 1. The number of hydrogen-bond acceptors (Lipinski definition) is 5. The Morgan fingerprint density at radius 2 is 1.84 bits per heavy atom. The van der Waals surface area contributed by atoms with Crippen LogP contribution in [0.4, 0.5) is 0 Å². The van der Waals surface area contributed by atoms with Crippen LogP contribution in [0.2, 0.25) is 0 Å². The highest BCUT2D eigenvalue weighted by atomic mass is 16.5. The van der Waals surface area contributed by atoms with Crippen molar-refractivity contribution < 1.29 is 23.8 Å². The van der Waals surface area contributed by atoms with Crippen molar-refractivity contribution in [2.75, 3.05) is 20.3 Å². The molecule has 1 aliphatic carbocycles. The van der Waals surface area contributed by atoms with Crippen molar-refractivity contribution in [3.05, 3.63) is 70.8 Å². The molecular weight excluding hydrogens is 466 g/mol. The fourth-order valence-corrected chi connectivity index (χ4v) is 5.59. The summed E-state index contributed by atoms with van der Waals surface area (Å²) in [4.78, 5) is 24.8. The number of aryl methyl sites for hydroxylation is 1. The first-order valence-corrected chi connectivity index (χ1v) is 13.3. The van der Waals surface area contributed by atoms with Crippen molar-refractivity contribution in [3.8, 4) is 11.5 Å². The molecule has 5 rings (SSSR count). The van der Waals surface area contributed by atoms with E-state index in [-0.39, 0.29) is 36.9 Å². The maximum absolute atomic E-state index is 12.4. The van der Waals surface area contributed by atoms with Gasteiger partial charge in [-0.25, -0.2) is 0 Å². The summed E-state index contributed by atoms with van der Waals surface area (Å²) in [7, 11) is 1.43. The molecular formula is C31H35NO5. The molecule has 0 saturated heterocycles. The van der Waals surface area contributed by atoms with Gasteiger partial charge in [-0.15, -0.1) is 0 Å². The minimum Gasteiger partial charge on any atom is -0.493 e. The minimum absolute atomic E-state index is 0.00303. The maximum atomic E-state index is 12.4. The van der Waals surface area contributed by atoms with E-state index in [1.165, 1.54) is 31.9 Å². The van der Waals surface area contributed by atoms with Crippen LogP contribution in [0.5, 0.6) is 11.5 Å². The van der Waals surface area contributed by atoms with E-state index in [0.29, 0.717) is 12.4 Å². The van der Waals surface area contributed by atoms with Gasteiger partial charge in [-0.1, -0.05) is 49.6 Å². The average molecular weight is 502 g/mol. The molecule has 1 fully saturated rings. The van der Waals surface area contributed by atoms with Gasteiger partial charge in [-0.3, -0.25) is 9.59 Å². The second-order valence-corrected chi connectivity index (χ2v) is 10.2. The number of ether oxygens (including phenoxy) is 3. The predicted octanol–water partition coefficient (Wildman–Crippen LogP) is 5.61. The zero-order valence-corrected chi connectivity index (χ0v) is 21.7. The molecule has 0 bridgehead atoms. The zero-order chi connectivity index (χ0) is 25.8. The molecule has 2 aliphatic rings. The van der Waals surface area contributed by atoms with Crippen molar-refractivity contribution in [3.63, 3.8) is 0 Å². The summed E-state index contributed by atoms with van der Waals surface area (Å²) in [5.74, 6) is 1.12. The molecule has 1 saturated carbocycles. The van der Waals surface area contributed by atoms with Crippen molar-refractivity contribution >= 4 is 22.6 Å². The highest BCUT2D eigenvalue weighted by Crippen LogP contribution is 2.37. The lowest BCUT2D eigenvalue weighted by atomic mass is 9.84. The van der Waals surface area contributed by atoms with Crippen LogP contribution in [0.25, 0.3) is 10.8 Å². The molecule has 194 valence electrons. The summed E-state index contributed by atoms with van der Waals surface area (Å²) in [5, 5.41) is 5.17. The number of methoxy groups -OCH3 is 1. The number of carbonyl (C=O) groups is 2. The van der Waals surface area contributed by atoms with Crippen molar-refractivity contribution in [1.82, 2.24) is 5.32 Å². The van der Waals surface area contributed by atoms with Gasteiger partial charge in [0.25, 0.3) is 5.91 Å². The van der Waals surface area contributed by atoms with E-state index in [1.807, 2.05) is 18.2 Å². The van der Waals surface area contributed by atoms with E-state index in [2.05, 4.69) is 42.6 Å². The second-order valence-electron chi connectivity index (χ2n) is 10.2. The number of rotatable bonds is 8. The van der Waals surface area contributed by atoms with Gasteiger partial charge in [0, 0.05) is 18.4 Å². The Morgan fingerprint density at radius 1 is 1.03 bits per heavy atom. The number of nitrogens with one attached hydrogen (secondary N) is 1. The quantitative estimate of drug-likeness (QED) is 0.407. The van der Waals surface area contributed by atoms with Crippen LogP contribution >= 0.6 is 0 Å². The third kappa shape index (κ3) is 5.90. The number of fused-ring (bicyclic) bond motifs is 2. The fraction of sp³-hybridized carbons (Fsp3) is 0.419. The van der Waals surface area contributed by atoms with Gasteiger partial charge < -0.3 is 19.5 Å². The van der Waals surface area contributed by atoms with E-state index in [9.17, 15) is 9.59 Å². The van der Waals surface area contributed by atoms with E-state index in [4.69, 9.17) is 14.2 Å². The lowest BCUT2D eigenvalue weighted by Gasteiger charge is -2.22. The topological polar surface area (TPSA) is 73.9 Å². The molecule has 37 heavy (non-hydrogen) atoms. The average Bonchev–Trinajstić information content (AvgIpc) is 3.37. The monoisotopic (exact) mass is 501 g/mol. The number of carbonyl (C=O) groups excluding carboxylic acids is 2. The molecule has 0 spiro atoms. The minimum atomic E-state index is -0.248. The molecule has 0 aromatic heterocycles. The van der Waals surface area contributed by atoms with Gasteiger partial charge in [0.2, 0.25) is 0 Å². The lowest BCUT2D eigenvalue weighted by Crippen LogP contribution is -2.38. The first-order valence-electron chi connectivity index (χ1n) is 13.3. The molecule has 1 amide bonds. The number of esters is 1. The van der Waals surface area contributed by atoms with E-state index in [1.54, 1.807) is 0 Å². The number of benzene rings is 3. The maximum Gasteiger partial charge on any atom is 0.306 e. The Kier molecular flexibility index (Phi) is 7.63. The normalized spacial score (nSPS) is 16.1. The standard InChI is InChI=1S/C31H35NO5/c1-20-14-29-23(12-13-36-29)17-27(20)28(18-31(34)35-2)22-9-8-21-10-11-26(16-24(21)15-22)37-19-30(33)32-25-6-4-3-5-7-25/h8-11,14-17,25,28H,3-7,12-13,18-19H2,1-2H3,(H,32,33). The van der Waals surface area contributed by atoms with Crippen LogP contribution in [-0.4, -0.2) is 38.2 Å². The number of hydrogen-bond donors (Lipinski definition) is 1. The molecule has 0 radical (unpaired) electrons. The largest absolute Gasteiger partial charge is 0.493 e. The molecule has 6 nitrogen and oxygen atoms in total. The summed E-state index contributed by atoms with van der Waals surface area (Å²) in [6.45, 7) is 2.76. The van der Waals surface area contributed by atoms with Crippen molar-refractivity contribution in [2.24, 2.45) is 0 Å². The molecule has 1 aliphatic heterocycles. The van der Waals surface area contributed by atoms with Gasteiger partial charge in [0.15, 0.2) is 6.61 Å². The molecule has 3 aromatic rings. The molecule has 6 heteroatoms. The van der Waals surface area contributed by atoms with E-state index in [0.717, 1.165) is 52.5 Å². The predicted molar refractivity (Wildman–Crippen MR) is 143 cm³/mol. The van der Waals surface area contributed by atoms with Crippen LogP contribution in [0.1, 0.15) is 66.7 Å². The molecule has 1 atom stereocenters. The Labute approximate surface area is 218 Å². The third-order valence-corrected chi connectivity index (χ3v) is 7.63. The van der Waals surface area contributed by atoms with E-state index < -0.39 is 0 Å². The Balaban J connectivity index is 1.37. The summed E-state index contributed by atoms with van der Waals surface area (Å²) in [6, 6.07) is 16.6. The summed E-state index contributed by atoms with van der Waals surface area (Å²) in [6.07, 6.45) is 6.83. The highest BCUT2D eigenvalue weighted by Gasteiger charge is 2.24. The molecule has 3 aromatic carbocycles. The van der Waals surface area contributed by atoms with Gasteiger partial charge >= 0.3 is 5.97 Å². The Hall–Kier alpha value is -3.54. The van der Waals surface area contributed by atoms with Gasteiger partial charge in [-0.2, -0.15) is 0 Å². The SMILES string of the molecule is COC(=O)CC(c1ccc2ccc(OCC(=O)NC3CCCCC3)cc2c1)c1cc2c(cc1C)OCC2. The molecule has 1 N–H and O–H groups in total. The summed E-state index contributed by atoms with van der Waals surface area (Å²) >= 11 is 0. The molecule has 1 heterocycles. The van der Waals surface area contributed by atoms with Crippen LogP contribution < -0.4 is 14.8 Å². The van der Waals surface area contributed by atoms with Crippen LogP contribution in [-0.2, 0) is 20.7 Å². The Morgan fingerprint density at radius 3 is 2.65 bits per heavy atom. The van der Waals surface area contributed by atoms with Gasteiger partial charge in [0.05, 0.1) is 20.1 Å². The van der Waals surface area contributed by atoms with Crippen molar-refractivity contribution in [2.45, 2.75) is 63.8 Å². The summed E-state index contributed by atoms with van der Waals surface area (Å²) < 4.78 is 16.6. The lowest BCUT2D eigenvalue weighted by molar-refractivity contribution is -0.140. The van der Waals surface area contributed by atoms with E-state index >= 15 is 0 Å². The molecule has 1 unspecified atom stereocenters. The highest BCUT2D eigenvalue weighted by molar-refractivity contribution is 5.85. The second kappa shape index (κ2) is 11.2. The van der Waals surface area contributed by atoms with Crippen LogP contribution in [0.3, 0.4) is 0 Å². The zero-order valence-electron chi connectivity index (χ0n) is 21.7. The first-order chi connectivity index (χ1) is 18.0.